The number of aromatic nitrogens is 2. The predicted molar refractivity (Wildman–Crippen MR) is 87.5 cm³/mol. The zero-order chi connectivity index (χ0) is 15.7. The van der Waals surface area contributed by atoms with Gasteiger partial charge in [0.25, 0.3) is 5.91 Å². The third-order valence-corrected chi connectivity index (χ3v) is 3.69. The molecule has 0 aliphatic carbocycles. The van der Waals surface area contributed by atoms with Crippen LogP contribution in [0.2, 0.25) is 0 Å². The highest BCUT2D eigenvalue weighted by atomic mass is 16.1. The van der Waals surface area contributed by atoms with E-state index in [1.54, 1.807) is 0 Å². The maximum absolute atomic E-state index is 11.8. The van der Waals surface area contributed by atoms with Gasteiger partial charge in [0.2, 0.25) is 0 Å². The van der Waals surface area contributed by atoms with Crippen LogP contribution >= 0.6 is 0 Å². The molecule has 1 heterocycles. The number of amides is 1. The van der Waals surface area contributed by atoms with Gasteiger partial charge in [-0.1, -0.05) is 42.5 Å². The number of hydrogen-bond acceptors (Lipinski definition) is 4. The molecular formula is C17H16N4O. The van der Waals surface area contributed by atoms with Crippen molar-refractivity contribution >= 4 is 22.5 Å². The molecule has 110 valence electrons. The molecule has 0 unspecified atom stereocenters. The smallest absolute Gasteiger partial charge is 0.273 e. The van der Waals surface area contributed by atoms with Crippen molar-refractivity contribution in [3.63, 3.8) is 0 Å². The lowest BCUT2D eigenvalue weighted by Gasteiger charge is -2.12. The molecule has 1 amide bonds. The number of benzene rings is 2. The summed E-state index contributed by atoms with van der Waals surface area (Å²) in [4.78, 5) is 11.8. The fraction of sp³-hybridized carbons (Fsp3) is 0.118. The lowest BCUT2D eigenvalue weighted by molar-refractivity contribution is 0.0958. The lowest BCUT2D eigenvalue weighted by Crippen LogP contribution is -2.21. The molecule has 3 aromatic rings. The van der Waals surface area contributed by atoms with E-state index in [1.165, 1.54) is 7.05 Å². The minimum atomic E-state index is -0.339. The molecule has 5 heteroatoms. The summed E-state index contributed by atoms with van der Waals surface area (Å²) in [5.74, 6) is -0.339. The Morgan fingerprint density at radius 2 is 1.82 bits per heavy atom. The van der Waals surface area contributed by atoms with E-state index < -0.39 is 0 Å². The summed E-state index contributed by atoms with van der Waals surface area (Å²) in [7, 11) is 1.54. The van der Waals surface area contributed by atoms with Gasteiger partial charge in [-0.25, -0.2) is 0 Å². The second-order valence-electron chi connectivity index (χ2n) is 5.06. The molecule has 0 atom stereocenters. The van der Waals surface area contributed by atoms with Gasteiger partial charge >= 0.3 is 0 Å². The van der Waals surface area contributed by atoms with Crippen molar-refractivity contribution in [3.05, 3.63) is 53.7 Å². The molecule has 0 saturated heterocycles. The van der Waals surface area contributed by atoms with Gasteiger partial charge in [-0.15, -0.1) is 10.2 Å². The SMILES string of the molecule is CNC(=O)c1nnc2c(-c3ccccc3)c(C)ccc2c1N. The number of hydrogen-bond donors (Lipinski definition) is 2. The molecule has 3 N–H and O–H groups in total. The number of nitrogens with zero attached hydrogens (tertiary/aromatic N) is 2. The second kappa shape index (κ2) is 5.44. The first-order valence-electron chi connectivity index (χ1n) is 6.96. The lowest BCUT2D eigenvalue weighted by atomic mass is 9.96. The third-order valence-electron chi connectivity index (χ3n) is 3.69. The van der Waals surface area contributed by atoms with Crippen molar-refractivity contribution in [1.82, 2.24) is 15.5 Å². The maximum atomic E-state index is 11.8. The molecule has 5 nitrogen and oxygen atoms in total. The second-order valence-corrected chi connectivity index (χ2v) is 5.06. The van der Waals surface area contributed by atoms with Gasteiger partial charge in [0.05, 0.1) is 5.69 Å². The van der Waals surface area contributed by atoms with Crippen LogP contribution in [0.25, 0.3) is 22.0 Å². The number of nitrogen functional groups attached to an aromatic ring is 1. The molecule has 1 aromatic heterocycles. The first kappa shape index (κ1) is 14.0. The molecule has 0 aliphatic rings. The Labute approximate surface area is 128 Å². The van der Waals surface area contributed by atoms with Crippen LogP contribution in [-0.2, 0) is 0 Å². The number of nitrogens with two attached hydrogens (primary N) is 1. The van der Waals surface area contributed by atoms with Gasteiger partial charge in [-0.2, -0.15) is 0 Å². The van der Waals surface area contributed by atoms with E-state index in [-0.39, 0.29) is 11.6 Å². The summed E-state index contributed by atoms with van der Waals surface area (Å²) >= 11 is 0. The summed E-state index contributed by atoms with van der Waals surface area (Å²) in [6, 6.07) is 13.8. The quantitative estimate of drug-likeness (QED) is 0.760. The standard InChI is InChI=1S/C17H16N4O/c1-10-8-9-12-14(18)16(17(22)19-2)21-20-15(12)13(10)11-6-4-3-5-7-11/h3-9H,1-2H3,(H2,18,20)(H,19,22). The molecule has 0 spiro atoms. The molecule has 0 fully saturated rings. The van der Waals surface area contributed by atoms with Gasteiger partial charge in [0.15, 0.2) is 5.69 Å². The average Bonchev–Trinajstić information content (AvgIpc) is 2.55. The number of carbonyl (C=O) groups is 1. The summed E-state index contributed by atoms with van der Waals surface area (Å²) in [6.45, 7) is 2.02. The first-order chi connectivity index (χ1) is 10.6. The van der Waals surface area contributed by atoms with E-state index in [9.17, 15) is 4.79 Å². The Bertz CT molecular complexity index is 859. The van der Waals surface area contributed by atoms with Crippen molar-refractivity contribution in [1.29, 1.82) is 0 Å². The topological polar surface area (TPSA) is 80.9 Å². The van der Waals surface area contributed by atoms with Crippen LogP contribution in [0, 0.1) is 6.92 Å². The monoisotopic (exact) mass is 292 g/mol. The highest BCUT2D eigenvalue weighted by Gasteiger charge is 2.17. The van der Waals surface area contributed by atoms with Crippen molar-refractivity contribution in [2.24, 2.45) is 0 Å². The largest absolute Gasteiger partial charge is 0.396 e. The Balaban J connectivity index is 2.33. The summed E-state index contributed by atoms with van der Waals surface area (Å²) in [5, 5.41) is 11.5. The number of carbonyl (C=O) groups excluding carboxylic acids is 1. The maximum Gasteiger partial charge on any atom is 0.273 e. The summed E-state index contributed by atoms with van der Waals surface area (Å²) in [5.41, 5.74) is 10.5. The molecule has 0 radical (unpaired) electrons. The fourth-order valence-corrected chi connectivity index (χ4v) is 2.55. The van der Waals surface area contributed by atoms with E-state index in [1.807, 2.05) is 49.4 Å². The minimum absolute atomic E-state index is 0.151. The Hall–Kier alpha value is -2.95. The Morgan fingerprint density at radius 3 is 2.50 bits per heavy atom. The van der Waals surface area contributed by atoms with Crippen molar-refractivity contribution in [2.45, 2.75) is 6.92 Å². The van der Waals surface area contributed by atoms with Crippen molar-refractivity contribution in [2.75, 3.05) is 12.8 Å². The molecule has 22 heavy (non-hydrogen) atoms. The number of nitrogens with one attached hydrogen (secondary N) is 1. The van der Waals surface area contributed by atoms with Crippen molar-refractivity contribution < 1.29 is 4.79 Å². The van der Waals surface area contributed by atoms with Gasteiger partial charge in [0.1, 0.15) is 5.52 Å². The van der Waals surface area contributed by atoms with Crippen molar-refractivity contribution in [3.8, 4) is 11.1 Å². The Kier molecular flexibility index (Phi) is 3.47. The highest BCUT2D eigenvalue weighted by molar-refractivity contribution is 6.07. The number of fused-ring (bicyclic) bond motifs is 1. The fourth-order valence-electron chi connectivity index (χ4n) is 2.55. The molecule has 2 aromatic carbocycles. The summed E-state index contributed by atoms with van der Waals surface area (Å²) < 4.78 is 0. The third kappa shape index (κ3) is 2.16. The first-order valence-corrected chi connectivity index (χ1v) is 6.96. The zero-order valence-corrected chi connectivity index (χ0v) is 12.4. The van der Waals surface area contributed by atoms with E-state index in [0.717, 1.165) is 22.1 Å². The van der Waals surface area contributed by atoms with Crippen LogP contribution in [0.4, 0.5) is 5.69 Å². The van der Waals surface area contributed by atoms with Crippen LogP contribution in [-0.4, -0.2) is 23.2 Å². The Morgan fingerprint density at radius 1 is 1.09 bits per heavy atom. The van der Waals surface area contributed by atoms with E-state index in [4.69, 9.17) is 5.73 Å². The van der Waals surface area contributed by atoms with Crippen LogP contribution in [0.5, 0.6) is 0 Å². The van der Waals surface area contributed by atoms with Crippen LogP contribution < -0.4 is 11.1 Å². The highest BCUT2D eigenvalue weighted by Crippen LogP contribution is 2.33. The average molecular weight is 292 g/mol. The van der Waals surface area contributed by atoms with Crippen LogP contribution in [0.3, 0.4) is 0 Å². The van der Waals surface area contributed by atoms with Gasteiger partial charge in [-0.05, 0) is 18.1 Å². The molecule has 0 saturated carbocycles. The van der Waals surface area contributed by atoms with Crippen LogP contribution in [0.15, 0.2) is 42.5 Å². The van der Waals surface area contributed by atoms with E-state index in [0.29, 0.717) is 11.2 Å². The van der Waals surface area contributed by atoms with E-state index in [2.05, 4.69) is 15.5 Å². The summed E-state index contributed by atoms with van der Waals surface area (Å²) in [6.07, 6.45) is 0. The molecule has 0 bridgehead atoms. The predicted octanol–water partition coefficient (Wildman–Crippen LogP) is 2.55. The van der Waals surface area contributed by atoms with E-state index >= 15 is 0 Å². The van der Waals surface area contributed by atoms with Gasteiger partial charge in [-0.3, -0.25) is 4.79 Å². The number of anilines is 1. The number of rotatable bonds is 2. The van der Waals surface area contributed by atoms with Crippen LogP contribution in [0.1, 0.15) is 16.1 Å². The molecule has 3 rings (SSSR count). The zero-order valence-electron chi connectivity index (χ0n) is 12.4. The van der Waals surface area contributed by atoms with Gasteiger partial charge in [0, 0.05) is 18.0 Å². The molecule has 0 aliphatic heterocycles. The normalized spacial score (nSPS) is 10.6. The van der Waals surface area contributed by atoms with Gasteiger partial charge < -0.3 is 11.1 Å². The minimum Gasteiger partial charge on any atom is -0.396 e. The number of aryl methyl sites for hydroxylation is 1. The molecular weight excluding hydrogens is 276 g/mol.